The summed E-state index contributed by atoms with van der Waals surface area (Å²) in [6.45, 7) is -0.431. The number of nitrogens with zero attached hydrogens (tertiary/aromatic N) is 1. The zero-order valence-electron chi connectivity index (χ0n) is 15.7. The molecule has 1 saturated heterocycles. The quantitative estimate of drug-likeness (QED) is 0.787. The number of hydrogen-bond donors (Lipinski definition) is 1. The first-order chi connectivity index (χ1) is 13.8. The Morgan fingerprint density at radius 3 is 2.34 bits per heavy atom. The maximum absolute atomic E-state index is 12.3. The van der Waals surface area contributed by atoms with Crippen molar-refractivity contribution in [3.8, 4) is 5.75 Å². The van der Waals surface area contributed by atoms with E-state index in [1.165, 1.54) is 12.1 Å². The smallest absolute Gasteiger partial charge is 0.422 e. The summed E-state index contributed by atoms with van der Waals surface area (Å²) in [5, 5.41) is 2.76. The summed E-state index contributed by atoms with van der Waals surface area (Å²) in [7, 11) is 0. The van der Waals surface area contributed by atoms with Crippen LogP contribution in [0.4, 0.5) is 18.9 Å². The number of hydrogen-bond acceptors (Lipinski definition) is 3. The van der Waals surface area contributed by atoms with Crippen LogP contribution in [-0.4, -0.2) is 31.1 Å². The maximum Gasteiger partial charge on any atom is 0.422 e. The minimum Gasteiger partial charge on any atom is -0.484 e. The Morgan fingerprint density at radius 2 is 1.72 bits per heavy atom. The van der Waals surface area contributed by atoms with Gasteiger partial charge in [0.05, 0.1) is 0 Å². The molecule has 0 aromatic heterocycles. The van der Waals surface area contributed by atoms with Gasteiger partial charge in [0.1, 0.15) is 5.75 Å². The van der Waals surface area contributed by atoms with Crippen LogP contribution in [0.3, 0.4) is 0 Å². The van der Waals surface area contributed by atoms with E-state index in [0.717, 1.165) is 24.1 Å². The molecule has 0 unspecified atom stereocenters. The van der Waals surface area contributed by atoms with Crippen LogP contribution in [0.15, 0.2) is 48.5 Å². The van der Waals surface area contributed by atoms with Crippen LogP contribution in [0.25, 0.3) is 0 Å². The molecule has 5 nitrogen and oxygen atoms in total. The highest BCUT2D eigenvalue weighted by Gasteiger charge is 2.28. The predicted molar refractivity (Wildman–Crippen MR) is 102 cm³/mol. The largest absolute Gasteiger partial charge is 0.484 e. The molecule has 154 valence electrons. The summed E-state index contributed by atoms with van der Waals surface area (Å²) in [6.07, 6.45) is -1.97. The van der Waals surface area contributed by atoms with Crippen molar-refractivity contribution in [1.29, 1.82) is 0 Å². The molecule has 1 heterocycles. The molecule has 1 aliphatic heterocycles. The van der Waals surface area contributed by atoms with Crippen molar-refractivity contribution in [2.75, 3.05) is 18.1 Å². The number of halogens is 3. The van der Waals surface area contributed by atoms with E-state index >= 15 is 0 Å². The van der Waals surface area contributed by atoms with Gasteiger partial charge in [0.2, 0.25) is 5.91 Å². The van der Waals surface area contributed by atoms with Crippen molar-refractivity contribution in [3.63, 3.8) is 0 Å². The molecule has 0 saturated carbocycles. The Labute approximate surface area is 166 Å². The molecule has 0 aliphatic carbocycles. The maximum atomic E-state index is 12.3. The van der Waals surface area contributed by atoms with Gasteiger partial charge in [-0.1, -0.05) is 12.1 Å². The SMILES string of the molecule is O=C(NCc1ccc(OCC(F)(F)F)cc1)c1ccc(N2CCCCC2=O)cc1. The summed E-state index contributed by atoms with van der Waals surface area (Å²) in [4.78, 5) is 26.0. The average molecular weight is 406 g/mol. The van der Waals surface area contributed by atoms with Gasteiger partial charge in [0.15, 0.2) is 6.61 Å². The lowest BCUT2D eigenvalue weighted by Crippen LogP contribution is -2.35. The monoisotopic (exact) mass is 406 g/mol. The zero-order valence-corrected chi connectivity index (χ0v) is 15.7. The number of amides is 2. The number of nitrogens with one attached hydrogen (secondary N) is 1. The summed E-state index contributed by atoms with van der Waals surface area (Å²) in [5.74, 6) is -0.0738. The van der Waals surface area contributed by atoms with Crippen molar-refractivity contribution in [3.05, 3.63) is 59.7 Å². The lowest BCUT2D eigenvalue weighted by molar-refractivity contribution is -0.153. The van der Waals surface area contributed by atoms with Gasteiger partial charge in [-0.15, -0.1) is 0 Å². The topological polar surface area (TPSA) is 58.6 Å². The van der Waals surface area contributed by atoms with Gasteiger partial charge in [-0.25, -0.2) is 0 Å². The molecular weight excluding hydrogens is 385 g/mol. The highest BCUT2D eigenvalue weighted by atomic mass is 19.4. The Morgan fingerprint density at radius 1 is 1.03 bits per heavy atom. The summed E-state index contributed by atoms with van der Waals surface area (Å²) in [5.41, 5.74) is 1.97. The Balaban J connectivity index is 1.52. The van der Waals surface area contributed by atoms with Crippen LogP contribution in [0.1, 0.15) is 35.2 Å². The minimum absolute atomic E-state index is 0.0936. The first-order valence-electron chi connectivity index (χ1n) is 9.29. The van der Waals surface area contributed by atoms with Crippen LogP contribution in [0.2, 0.25) is 0 Å². The molecule has 0 bridgehead atoms. The van der Waals surface area contributed by atoms with Crippen LogP contribution < -0.4 is 15.0 Å². The number of ether oxygens (including phenoxy) is 1. The van der Waals surface area contributed by atoms with Gasteiger partial charge in [-0.3, -0.25) is 9.59 Å². The Hall–Kier alpha value is -3.03. The fourth-order valence-corrected chi connectivity index (χ4v) is 3.02. The van der Waals surface area contributed by atoms with E-state index in [2.05, 4.69) is 10.1 Å². The highest BCUT2D eigenvalue weighted by Crippen LogP contribution is 2.22. The molecule has 2 aromatic rings. The number of rotatable bonds is 6. The molecule has 0 radical (unpaired) electrons. The first-order valence-corrected chi connectivity index (χ1v) is 9.29. The Kier molecular flexibility index (Phi) is 6.41. The van der Waals surface area contributed by atoms with E-state index in [9.17, 15) is 22.8 Å². The summed E-state index contributed by atoms with van der Waals surface area (Å²) in [6, 6.07) is 12.9. The minimum atomic E-state index is -4.39. The second-order valence-electron chi connectivity index (χ2n) is 6.78. The number of anilines is 1. The molecule has 2 amide bonds. The third-order valence-electron chi connectivity index (χ3n) is 4.54. The van der Waals surface area contributed by atoms with Crippen LogP contribution in [0, 0.1) is 0 Å². The van der Waals surface area contributed by atoms with Gasteiger partial charge in [0.25, 0.3) is 5.91 Å². The normalized spacial score (nSPS) is 14.6. The molecule has 3 rings (SSSR count). The van der Waals surface area contributed by atoms with Gasteiger partial charge < -0.3 is 15.0 Å². The number of carbonyl (C=O) groups is 2. The summed E-state index contributed by atoms with van der Waals surface area (Å²) >= 11 is 0. The van der Waals surface area contributed by atoms with Crippen molar-refractivity contribution in [2.45, 2.75) is 32.0 Å². The fourth-order valence-electron chi connectivity index (χ4n) is 3.02. The molecule has 1 aliphatic rings. The van der Waals surface area contributed by atoms with Crippen LogP contribution >= 0.6 is 0 Å². The molecular formula is C21H21F3N2O3. The van der Waals surface area contributed by atoms with E-state index in [1.807, 2.05) is 0 Å². The lowest BCUT2D eigenvalue weighted by Gasteiger charge is -2.26. The van der Waals surface area contributed by atoms with Crippen molar-refractivity contribution in [2.24, 2.45) is 0 Å². The van der Waals surface area contributed by atoms with Gasteiger partial charge in [0, 0.05) is 30.8 Å². The number of carbonyl (C=O) groups excluding carboxylic acids is 2. The zero-order chi connectivity index (χ0) is 20.9. The first kappa shape index (κ1) is 20.7. The lowest BCUT2D eigenvalue weighted by atomic mass is 10.1. The average Bonchev–Trinajstić information content (AvgIpc) is 2.71. The molecule has 8 heteroatoms. The fraction of sp³-hybridized carbons (Fsp3) is 0.333. The number of piperidine rings is 1. The van der Waals surface area contributed by atoms with Crippen molar-refractivity contribution < 1.29 is 27.5 Å². The predicted octanol–water partition coefficient (Wildman–Crippen LogP) is 4.07. The van der Waals surface area contributed by atoms with Crippen molar-refractivity contribution in [1.82, 2.24) is 5.32 Å². The second-order valence-corrected chi connectivity index (χ2v) is 6.78. The van der Waals surface area contributed by atoms with E-state index in [-0.39, 0.29) is 24.1 Å². The molecule has 29 heavy (non-hydrogen) atoms. The number of benzene rings is 2. The molecule has 1 fully saturated rings. The van der Waals surface area contributed by atoms with E-state index in [0.29, 0.717) is 18.5 Å². The van der Waals surface area contributed by atoms with E-state index in [1.54, 1.807) is 41.3 Å². The van der Waals surface area contributed by atoms with Crippen LogP contribution in [-0.2, 0) is 11.3 Å². The van der Waals surface area contributed by atoms with Crippen molar-refractivity contribution >= 4 is 17.5 Å². The standard InChI is InChI=1S/C21H21F3N2O3/c22-21(23,24)14-29-18-10-4-15(5-11-18)13-25-20(28)16-6-8-17(9-7-16)26-12-2-1-3-19(26)27/h4-11H,1-3,12-14H2,(H,25,28). The Bertz CT molecular complexity index is 849. The van der Waals surface area contributed by atoms with E-state index < -0.39 is 12.8 Å². The molecule has 0 spiro atoms. The third kappa shape index (κ3) is 5.97. The molecule has 2 aromatic carbocycles. The van der Waals surface area contributed by atoms with Crippen LogP contribution in [0.5, 0.6) is 5.75 Å². The van der Waals surface area contributed by atoms with Gasteiger partial charge >= 0.3 is 6.18 Å². The second kappa shape index (κ2) is 8.98. The van der Waals surface area contributed by atoms with Gasteiger partial charge in [-0.2, -0.15) is 13.2 Å². The number of alkyl halides is 3. The third-order valence-corrected chi connectivity index (χ3v) is 4.54. The highest BCUT2D eigenvalue weighted by molar-refractivity contribution is 5.96. The molecule has 1 N–H and O–H groups in total. The molecule has 0 atom stereocenters. The van der Waals surface area contributed by atoms with Gasteiger partial charge in [-0.05, 0) is 54.8 Å². The summed E-state index contributed by atoms with van der Waals surface area (Å²) < 4.78 is 41.1. The van der Waals surface area contributed by atoms with E-state index in [4.69, 9.17) is 0 Å².